The summed E-state index contributed by atoms with van der Waals surface area (Å²) in [5.74, 6) is -1.27. The summed E-state index contributed by atoms with van der Waals surface area (Å²) in [5, 5.41) is 12.5. The lowest BCUT2D eigenvalue weighted by molar-refractivity contribution is -0.141. The Morgan fingerprint density at radius 3 is 2.63 bits per heavy atom. The first kappa shape index (κ1) is 11.9. The van der Waals surface area contributed by atoms with E-state index in [0.717, 1.165) is 29.6 Å². The van der Waals surface area contributed by atoms with Gasteiger partial charge in [0.2, 0.25) is 0 Å². The Hall–Kier alpha value is -2.12. The van der Waals surface area contributed by atoms with Gasteiger partial charge in [0.25, 0.3) is 0 Å². The second kappa shape index (κ2) is 3.69. The predicted molar refractivity (Wildman–Crippen MR) is 56.9 cm³/mol. The number of carboxylic acids is 1. The number of rotatable bonds is 2. The van der Waals surface area contributed by atoms with Crippen molar-refractivity contribution in [1.29, 1.82) is 0 Å². The molecule has 0 unspecified atom stereocenters. The smallest absolute Gasteiger partial charge is 0.435 e. The van der Waals surface area contributed by atoms with E-state index < -0.39 is 17.8 Å². The van der Waals surface area contributed by atoms with Crippen LogP contribution in [0.2, 0.25) is 0 Å². The van der Waals surface area contributed by atoms with E-state index in [-0.39, 0.29) is 17.1 Å². The van der Waals surface area contributed by atoms with E-state index >= 15 is 0 Å². The maximum Gasteiger partial charge on any atom is 0.435 e. The molecule has 0 amide bonds. The van der Waals surface area contributed by atoms with Crippen LogP contribution in [0.15, 0.2) is 12.3 Å². The third-order valence-corrected chi connectivity index (χ3v) is 3.01. The highest BCUT2D eigenvalue weighted by atomic mass is 19.4. The molecular formula is C11H8F3N3O2. The van der Waals surface area contributed by atoms with Gasteiger partial charge in [0, 0.05) is 18.2 Å². The van der Waals surface area contributed by atoms with Gasteiger partial charge in [0.1, 0.15) is 0 Å². The van der Waals surface area contributed by atoms with Crippen molar-refractivity contribution in [2.45, 2.75) is 24.9 Å². The van der Waals surface area contributed by atoms with Gasteiger partial charge < -0.3 is 5.11 Å². The number of aromatic carboxylic acids is 1. The number of carboxylic acid groups (broad SMARTS) is 1. The summed E-state index contributed by atoms with van der Waals surface area (Å²) in [7, 11) is 0. The molecule has 5 nitrogen and oxygen atoms in total. The first-order chi connectivity index (χ1) is 8.88. The Labute approximate surface area is 104 Å². The van der Waals surface area contributed by atoms with Crippen molar-refractivity contribution in [3.8, 4) is 0 Å². The fraction of sp³-hybridized carbons (Fsp3) is 0.364. The predicted octanol–water partition coefficient (Wildman–Crippen LogP) is 2.32. The zero-order valence-corrected chi connectivity index (χ0v) is 9.48. The van der Waals surface area contributed by atoms with Crippen LogP contribution >= 0.6 is 0 Å². The summed E-state index contributed by atoms with van der Waals surface area (Å²) < 4.78 is 38.8. The number of hydrogen-bond donors (Lipinski definition) is 1. The monoisotopic (exact) mass is 271 g/mol. The summed E-state index contributed by atoms with van der Waals surface area (Å²) in [5.41, 5.74) is -0.844. The lowest BCUT2D eigenvalue weighted by atomic mass is 10.1. The highest BCUT2D eigenvalue weighted by Gasteiger charge is 2.37. The van der Waals surface area contributed by atoms with Crippen LogP contribution in [0.5, 0.6) is 0 Å². The molecule has 1 aliphatic rings. The molecule has 1 aliphatic carbocycles. The normalized spacial score (nSPS) is 15.9. The zero-order chi connectivity index (χ0) is 13.8. The van der Waals surface area contributed by atoms with Crippen LogP contribution in [0.4, 0.5) is 13.2 Å². The van der Waals surface area contributed by atoms with Gasteiger partial charge >= 0.3 is 12.1 Å². The third-order valence-electron chi connectivity index (χ3n) is 3.01. The molecule has 2 aromatic rings. The SMILES string of the molecule is O=C(O)c1cnc2cc(C(F)(F)F)nn2c1C1CC1. The Balaban J connectivity index is 2.27. The van der Waals surface area contributed by atoms with Gasteiger partial charge in [0.15, 0.2) is 11.3 Å². The molecule has 0 atom stereocenters. The number of carbonyl (C=O) groups is 1. The van der Waals surface area contributed by atoms with E-state index in [0.29, 0.717) is 5.69 Å². The van der Waals surface area contributed by atoms with Crippen molar-refractivity contribution >= 4 is 11.6 Å². The molecule has 1 fully saturated rings. The zero-order valence-electron chi connectivity index (χ0n) is 9.48. The van der Waals surface area contributed by atoms with Gasteiger partial charge in [-0.1, -0.05) is 0 Å². The van der Waals surface area contributed by atoms with Gasteiger partial charge in [-0.2, -0.15) is 18.3 Å². The van der Waals surface area contributed by atoms with Crippen LogP contribution in [-0.2, 0) is 6.18 Å². The quantitative estimate of drug-likeness (QED) is 0.910. The number of aromatic nitrogens is 3. The van der Waals surface area contributed by atoms with Crippen LogP contribution < -0.4 is 0 Å². The Kier molecular flexibility index (Phi) is 2.32. The highest BCUT2D eigenvalue weighted by Crippen LogP contribution is 2.42. The third kappa shape index (κ3) is 1.92. The maximum absolute atomic E-state index is 12.6. The van der Waals surface area contributed by atoms with E-state index in [2.05, 4.69) is 10.1 Å². The van der Waals surface area contributed by atoms with Crippen LogP contribution in [0.1, 0.15) is 40.5 Å². The Morgan fingerprint density at radius 2 is 2.11 bits per heavy atom. The lowest BCUT2D eigenvalue weighted by Gasteiger charge is -2.06. The molecule has 8 heteroatoms. The van der Waals surface area contributed by atoms with Crippen molar-refractivity contribution in [1.82, 2.24) is 14.6 Å². The summed E-state index contributed by atoms with van der Waals surface area (Å²) in [6, 6.07) is 0.817. The minimum atomic E-state index is -4.57. The largest absolute Gasteiger partial charge is 0.478 e. The topological polar surface area (TPSA) is 67.5 Å². The molecule has 0 radical (unpaired) electrons. The molecule has 1 N–H and O–H groups in total. The van der Waals surface area contributed by atoms with Crippen LogP contribution in [0, 0.1) is 0 Å². The van der Waals surface area contributed by atoms with Crippen molar-refractivity contribution in [2.75, 3.05) is 0 Å². The lowest BCUT2D eigenvalue weighted by Crippen LogP contribution is -2.11. The van der Waals surface area contributed by atoms with Crippen molar-refractivity contribution in [3.63, 3.8) is 0 Å². The van der Waals surface area contributed by atoms with E-state index in [1.54, 1.807) is 0 Å². The van der Waals surface area contributed by atoms with E-state index in [1.165, 1.54) is 0 Å². The van der Waals surface area contributed by atoms with E-state index in [9.17, 15) is 18.0 Å². The first-order valence-corrected chi connectivity index (χ1v) is 5.57. The summed E-state index contributed by atoms with van der Waals surface area (Å²) in [6.45, 7) is 0. The number of hydrogen-bond acceptors (Lipinski definition) is 3. The fourth-order valence-electron chi connectivity index (χ4n) is 2.00. The highest BCUT2D eigenvalue weighted by molar-refractivity contribution is 5.89. The van der Waals surface area contributed by atoms with Gasteiger partial charge in [-0.3, -0.25) is 0 Å². The average Bonchev–Trinajstić information content (AvgIpc) is 3.03. The Morgan fingerprint density at radius 1 is 1.42 bits per heavy atom. The van der Waals surface area contributed by atoms with Crippen LogP contribution in [-0.4, -0.2) is 25.7 Å². The number of nitrogens with zero attached hydrogens (tertiary/aromatic N) is 3. The summed E-state index contributed by atoms with van der Waals surface area (Å²) in [4.78, 5) is 14.8. The van der Waals surface area contributed by atoms with Gasteiger partial charge in [0.05, 0.1) is 11.3 Å². The molecular weight excluding hydrogens is 263 g/mol. The minimum absolute atomic E-state index is 0.0132. The summed E-state index contributed by atoms with van der Waals surface area (Å²) in [6.07, 6.45) is -1.98. The fourth-order valence-corrected chi connectivity index (χ4v) is 2.00. The molecule has 1 saturated carbocycles. The first-order valence-electron chi connectivity index (χ1n) is 5.57. The van der Waals surface area contributed by atoms with Crippen LogP contribution in [0.25, 0.3) is 5.65 Å². The molecule has 3 rings (SSSR count). The second-order valence-electron chi connectivity index (χ2n) is 4.43. The Bertz CT molecular complexity index is 674. The molecule has 19 heavy (non-hydrogen) atoms. The minimum Gasteiger partial charge on any atom is -0.478 e. The van der Waals surface area contributed by atoms with Crippen LogP contribution in [0.3, 0.4) is 0 Å². The average molecular weight is 271 g/mol. The molecule has 0 aromatic carbocycles. The molecule has 0 saturated heterocycles. The van der Waals surface area contributed by atoms with Gasteiger partial charge in [-0.15, -0.1) is 0 Å². The molecule has 0 aliphatic heterocycles. The number of halogens is 3. The molecule has 0 bridgehead atoms. The van der Waals surface area contributed by atoms with Gasteiger partial charge in [-0.05, 0) is 12.8 Å². The van der Waals surface area contributed by atoms with Crippen molar-refractivity contribution in [2.24, 2.45) is 0 Å². The van der Waals surface area contributed by atoms with Crippen molar-refractivity contribution in [3.05, 3.63) is 29.2 Å². The maximum atomic E-state index is 12.6. The van der Waals surface area contributed by atoms with E-state index in [1.807, 2.05) is 0 Å². The molecule has 0 spiro atoms. The summed E-state index contributed by atoms with van der Waals surface area (Å²) >= 11 is 0. The second-order valence-corrected chi connectivity index (χ2v) is 4.43. The number of alkyl halides is 3. The molecule has 100 valence electrons. The van der Waals surface area contributed by atoms with E-state index in [4.69, 9.17) is 5.11 Å². The van der Waals surface area contributed by atoms with Crippen molar-refractivity contribution < 1.29 is 23.1 Å². The molecule has 2 aromatic heterocycles. The van der Waals surface area contributed by atoms with Gasteiger partial charge in [-0.25, -0.2) is 14.3 Å². The number of fused-ring (bicyclic) bond motifs is 1. The standard InChI is InChI=1S/C11H8F3N3O2/c12-11(13,14)7-3-8-15-4-6(10(18)19)9(5-1-2-5)17(8)16-7/h3-5H,1-2H2,(H,18,19). The molecule has 2 heterocycles.